The zero-order chi connectivity index (χ0) is 14.7. The van der Waals surface area contributed by atoms with E-state index in [2.05, 4.69) is 35.2 Å². The van der Waals surface area contributed by atoms with Crippen molar-refractivity contribution >= 4 is 0 Å². The third-order valence-corrected chi connectivity index (χ3v) is 4.11. The average molecular weight is 280 g/mol. The molecule has 106 valence electrons. The van der Waals surface area contributed by atoms with Gasteiger partial charge in [0.25, 0.3) is 0 Å². The molecular weight excluding hydrogens is 263 g/mol. The van der Waals surface area contributed by atoms with Crippen LogP contribution in [0.15, 0.2) is 48.5 Å². The lowest BCUT2D eigenvalue weighted by Gasteiger charge is -2.17. The molecule has 2 nitrogen and oxygen atoms in total. The number of likely N-dealkylation sites (tertiary alicyclic amines) is 1. The maximum absolute atomic E-state index is 13.8. The van der Waals surface area contributed by atoms with E-state index in [9.17, 15) is 4.39 Å². The summed E-state index contributed by atoms with van der Waals surface area (Å²) >= 11 is 0. The van der Waals surface area contributed by atoms with E-state index in [4.69, 9.17) is 5.26 Å². The van der Waals surface area contributed by atoms with E-state index in [1.807, 2.05) is 6.07 Å². The molecule has 0 amide bonds. The molecular formula is C18H17FN2. The molecule has 3 heteroatoms. The molecule has 0 saturated carbocycles. The Bertz CT molecular complexity index is 661. The van der Waals surface area contributed by atoms with Crippen LogP contribution < -0.4 is 0 Å². The van der Waals surface area contributed by atoms with Gasteiger partial charge in [0, 0.05) is 18.7 Å². The monoisotopic (exact) mass is 280 g/mol. The van der Waals surface area contributed by atoms with Crippen LogP contribution in [0.3, 0.4) is 0 Å². The molecule has 21 heavy (non-hydrogen) atoms. The molecule has 1 fully saturated rings. The minimum Gasteiger partial charge on any atom is -0.298 e. The Morgan fingerprint density at radius 1 is 1.19 bits per heavy atom. The molecule has 3 rings (SSSR count). The Labute approximate surface area is 124 Å². The van der Waals surface area contributed by atoms with Crippen LogP contribution in [0.4, 0.5) is 4.39 Å². The summed E-state index contributed by atoms with van der Waals surface area (Å²) in [5.74, 6) is 0.297. The summed E-state index contributed by atoms with van der Waals surface area (Å²) in [5.41, 5.74) is 2.49. The van der Waals surface area contributed by atoms with Gasteiger partial charge in [0.2, 0.25) is 0 Å². The van der Waals surface area contributed by atoms with Gasteiger partial charge in [0.05, 0.1) is 11.6 Å². The number of rotatable bonds is 3. The molecule has 0 radical (unpaired) electrons. The smallest absolute Gasteiger partial charge is 0.127 e. The highest BCUT2D eigenvalue weighted by atomic mass is 19.1. The highest BCUT2D eigenvalue weighted by molar-refractivity contribution is 5.34. The van der Waals surface area contributed by atoms with Gasteiger partial charge in [-0.2, -0.15) is 5.26 Å². The topological polar surface area (TPSA) is 27.0 Å². The maximum Gasteiger partial charge on any atom is 0.127 e. The maximum atomic E-state index is 13.8. The summed E-state index contributed by atoms with van der Waals surface area (Å²) in [6.45, 7) is 2.49. The first-order chi connectivity index (χ1) is 10.3. The minimum absolute atomic E-state index is 0.225. The Balaban J connectivity index is 1.69. The van der Waals surface area contributed by atoms with Gasteiger partial charge in [-0.05, 0) is 42.6 Å². The largest absolute Gasteiger partial charge is 0.298 e. The van der Waals surface area contributed by atoms with Crippen molar-refractivity contribution in [3.8, 4) is 6.07 Å². The quantitative estimate of drug-likeness (QED) is 0.857. The van der Waals surface area contributed by atoms with Gasteiger partial charge in [0.1, 0.15) is 5.82 Å². The fourth-order valence-electron chi connectivity index (χ4n) is 2.98. The van der Waals surface area contributed by atoms with Gasteiger partial charge in [-0.3, -0.25) is 4.90 Å². The molecule has 2 aromatic carbocycles. The molecule has 1 saturated heterocycles. The fourth-order valence-corrected chi connectivity index (χ4v) is 2.98. The van der Waals surface area contributed by atoms with Crippen molar-refractivity contribution < 1.29 is 4.39 Å². The fraction of sp³-hybridized carbons (Fsp3) is 0.278. The Kier molecular flexibility index (Phi) is 3.98. The molecule has 0 spiro atoms. The lowest BCUT2D eigenvalue weighted by molar-refractivity contribution is 0.321. The number of halogens is 1. The van der Waals surface area contributed by atoms with Crippen LogP contribution in [0.5, 0.6) is 0 Å². The molecule has 0 bridgehead atoms. The van der Waals surface area contributed by atoms with Crippen molar-refractivity contribution in [2.45, 2.75) is 18.9 Å². The first kappa shape index (κ1) is 13.8. The molecule has 0 N–H and O–H groups in total. The van der Waals surface area contributed by atoms with Crippen molar-refractivity contribution in [2.75, 3.05) is 13.1 Å². The molecule has 0 aliphatic carbocycles. The van der Waals surface area contributed by atoms with Crippen LogP contribution >= 0.6 is 0 Å². The van der Waals surface area contributed by atoms with Gasteiger partial charge in [-0.1, -0.05) is 30.3 Å². The summed E-state index contributed by atoms with van der Waals surface area (Å²) in [7, 11) is 0. The number of nitriles is 1. The van der Waals surface area contributed by atoms with Crippen LogP contribution in [0.1, 0.15) is 29.0 Å². The van der Waals surface area contributed by atoms with E-state index in [-0.39, 0.29) is 5.82 Å². The van der Waals surface area contributed by atoms with E-state index >= 15 is 0 Å². The Morgan fingerprint density at radius 3 is 2.76 bits per heavy atom. The predicted octanol–water partition coefficient (Wildman–Crippen LogP) is 3.69. The second kappa shape index (κ2) is 6.07. The lowest BCUT2D eigenvalue weighted by atomic mass is 9.99. The summed E-state index contributed by atoms with van der Waals surface area (Å²) in [5, 5.41) is 8.92. The summed E-state index contributed by atoms with van der Waals surface area (Å²) in [6.07, 6.45) is 1.10. The van der Waals surface area contributed by atoms with E-state index in [0.29, 0.717) is 23.6 Å². The predicted molar refractivity (Wildman–Crippen MR) is 80.2 cm³/mol. The van der Waals surface area contributed by atoms with E-state index in [1.54, 1.807) is 6.07 Å². The normalized spacial score (nSPS) is 18.6. The summed E-state index contributed by atoms with van der Waals surface area (Å²) in [6, 6.07) is 17.1. The Hall–Kier alpha value is -2.18. The molecule has 1 heterocycles. The summed E-state index contributed by atoms with van der Waals surface area (Å²) < 4.78 is 13.8. The van der Waals surface area contributed by atoms with Gasteiger partial charge in [-0.15, -0.1) is 0 Å². The molecule has 0 aromatic heterocycles. The number of benzene rings is 2. The van der Waals surface area contributed by atoms with E-state index in [0.717, 1.165) is 19.5 Å². The highest BCUT2D eigenvalue weighted by Crippen LogP contribution is 2.28. The highest BCUT2D eigenvalue weighted by Gasteiger charge is 2.24. The third-order valence-electron chi connectivity index (χ3n) is 4.11. The zero-order valence-electron chi connectivity index (χ0n) is 11.8. The van der Waals surface area contributed by atoms with Gasteiger partial charge >= 0.3 is 0 Å². The minimum atomic E-state index is -0.225. The SMILES string of the molecule is N#Cc1ccc(F)c(CN2CCC(c3ccccc3)C2)c1. The molecule has 1 atom stereocenters. The number of hydrogen-bond donors (Lipinski definition) is 0. The molecule has 1 aliphatic heterocycles. The zero-order valence-corrected chi connectivity index (χ0v) is 11.8. The molecule has 1 aliphatic rings. The molecule has 2 aromatic rings. The van der Waals surface area contributed by atoms with Crippen molar-refractivity contribution in [1.82, 2.24) is 4.90 Å². The first-order valence-corrected chi connectivity index (χ1v) is 7.22. The molecule has 1 unspecified atom stereocenters. The van der Waals surface area contributed by atoms with Crippen LogP contribution in [0, 0.1) is 17.1 Å². The van der Waals surface area contributed by atoms with Crippen molar-refractivity contribution in [2.24, 2.45) is 0 Å². The van der Waals surface area contributed by atoms with Crippen LogP contribution in [0.25, 0.3) is 0 Å². The number of nitrogens with zero attached hydrogens (tertiary/aromatic N) is 2. The van der Waals surface area contributed by atoms with Gasteiger partial charge in [-0.25, -0.2) is 4.39 Å². The van der Waals surface area contributed by atoms with E-state index < -0.39 is 0 Å². The van der Waals surface area contributed by atoms with Crippen LogP contribution in [-0.2, 0) is 6.54 Å². The standard InChI is InChI=1S/C18H17FN2/c19-18-7-6-14(11-20)10-17(18)13-21-9-8-16(12-21)15-4-2-1-3-5-15/h1-7,10,16H,8-9,12-13H2. The van der Waals surface area contributed by atoms with Crippen molar-refractivity contribution in [3.63, 3.8) is 0 Å². The second-order valence-electron chi connectivity index (χ2n) is 5.55. The Morgan fingerprint density at radius 2 is 2.00 bits per heavy atom. The number of hydrogen-bond acceptors (Lipinski definition) is 2. The second-order valence-corrected chi connectivity index (χ2v) is 5.55. The summed E-state index contributed by atoms with van der Waals surface area (Å²) in [4.78, 5) is 2.26. The van der Waals surface area contributed by atoms with Crippen molar-refractivity contribution in [1.29, 1.82) is 5.26 Å². The first-order valence-electron chi connectivity index (χ1n) is 7.22. The van der Waals surface area contributed by atoms with Gasteiger partial charge < -0.3 is 0 Å². The van der Waals surface area contributed by atoms with Gasteiger partial charge in [0.15, 0.2) is 0 Å². The van der Waals surface area contributed by atoms with Crippen LogP contribution in [0.2, 0.25) is 0 Å². The lowest BCUT2D eigenvalue weighted by Crippen LogP contribution is -2.20. The van der Waals surface area contributed by atoms with Crippen LogP contribution in [-0.4, -0.2) is 18.0 Å². The average Bonchev–Trinajstić information content (AvgIpc) is 2.99. The van der Waals surface area contributed by atoms with Crippen molar-refractivity contribution in [3.05, 3.63) is 71.0 Å². The van der Waals surface area contributed by atoms with E-state index in [1.165, 1.54) is 17.7 Å². The third kappa shape index (κ3) is 3.12.